The van der Waals surface area contributed by atoms with Gasteiger partial charge in [0.15, 0.2) is 0 Å². The van der Waals surface area contributed by atoms with E-state index in [1.54, 1.807) is 25.3 Å². The van der Waals surface area contributed by atoms with Crippen LogP contribution in [-0.2, 0) is 11.2 Å². The minimum Gasteiger partial charge on any atom is -0.496 e. The Bertz CT molecular complexity index is 399. The van der Waals surface area contributed by atoms with Gasteiger partial charge in [-0.2, -0.15) is 0 Å². The van der Waals surface area contributed by atoms with Crippen LogP contribution in [0.2, 0.25) is 5.02 Å². The lowest BCUT2D eigenvalue weighted by Gasteiger charge is -2.07. The molecule has 1 aromatic carbocycles. The molecule has 0 fully saturated rings. The molecule has 0 unspecified atom stereocenters. The number of methoxy groups -OCH3 is 1. The number of hydrogen-bond donors (Lipinski definition) is 1. The second kappa shape index (κ2) is 6.18. The topological polar surface area (TPSA) is 46.5 Å². The Morgan fingerprint density at radius 2 is 2.31 bits per heavy atom. The van der Waals surface area contributed by atoms with E-state index in [1.165, 1.54) is 0 Å². The van der Waals surface area contributed by atoms with Gasteiger partial charge >= 0.3 is 5.97 Å². The number of carboxylic acids is 1. The number of aliphatic carboxylic acids is 1. The number of rotatable bonds is 5. The van der Waals surface area contributed by atoms with Crippen LogP contribution in [0.3, 0.4) is 0 Å². The van der Waals surface area contributed by atoms with Crippen molar-refractivity contribution in [2.45, 2.75) is 12.8 Å². The van der Waals surface area contributed by atoms with Crippen molar-refractivity contribution >= 4 is 17.6 Å². The van der Waals surface area contributed by atoms with E-state index in [2.05, 4.69) is 0 Å². The molecule has 16 heavy (non-hydrogen) atoms. The molecule has 0 radical (unpaired) electrons. The predicted molar refractivity (Wildman–Crippen MR) is 63.1 cm³/mol. The minimum absolute atomic E-state index is 0.642. The van der Waals surface area contributed by atoms with Crippen molar-refractivity contribution in [2.24, 2.45) is 0 Å². The van der Waals surface area contributed by atoms with Crippen molar-refractivity contribution in [3.05, 3.63) is 40.9 Å². The molecule has 0 amide bonds. The van der Waals surface area contributed by atoms with Crippen molar-refractivity contribution in [1.82, 2.24) is 0 Å². The van der Waals surface area contributed by atoms with Crippen LogP contribution < -0.4 is 4.74 Å². The number of hydrogen-bond acceptors (Lipinski definition) is 2. The molecule has 0 atom stereocenters. The highest BCUT2D eigenvalue weighted by atomic mass is 35.5. The summed E-state index contributed by atoms with van der Waals surface area (Å²) in [6.07, 6.45) is 4.09. The smallest absolute Gasteiger partial charge is 0.327 e. The Hall–Kier alpha value is -1.48. The summed E-state index contributed by atoms with van der Waals surface area (Å²) in [5.74, 6) is -0.161. The van der Waals surface area contributed by atoms with Gasteiger partial charge in [-0.25, -0.2) is 4.79 Å². The summed E-state index contributed by atoms with van der Waals surface area (Å²) in [4.78, 5) is 10.3. The van der Waals surface area contributed by atoms with Gasteiger partial charge in [0.25, 0.3) is 0 Å². The number of ether oxygens (including phenoxy) is 1. The van der Waals surface area contributed by atoms with Gasteiger partial charge in [-0.1, -0.05) is 17.7 Å². The second-order valence-corrected chi connectivity index (χ2v) is 3.67. The van der Waals surface area contributed by atoms with Crippen molar-refractivity contribution in [3.63, 3.8) is 0 Å². The van der Waals surface area contributed by atoms with Gasteiger partial charge in [-0.05, 0) is 36.6 Å². The van der Waals surface area contributed by atoms with Gasteiger partial charge in [-0.15, -0.1) is 0 Å². The third kappa shape index (κ3) is 3.95. The average molecular weight is 241 g/mol. The van der Waals surface area contributed by atoms with Gasteiger partial charge in [0, 0.05) is 11.1 Å². The molecule has 0 heterocycles. The first-order valence-corrected chi connectivity index (χ1v) is 5.23. The Labute approximate surface area is 99.3 Å². The fourth-order valence-corrected chi connectivity index (χ4v) is 1.56. The van der Waals surface area contributed by atoms with Crippen molar-refractivity contribution in [1.29, 1.82) is 0 Å². The Balaban J connectivity index is 2.65. The summed E-state index contributed by atoms with van der Waals surface area (Å²) in [5, 5.41) is 9.07. The van der Waals surface area contributed by atoms with E-state index >= 15 is 0 Å². The predicted octanol–water partition coefficient (Wildman–Crippen LogP) is 2.92. The van der Waals surface area contributed by atoms with E-state index in [0.29, 0.717) is 17.9 Å². The summed E-state index contributed by atoms with van der Waals surface area (Å²) >= 11 is 5.87. The van der Waals surface area contributed by atoms with Crippen molar-refractivity contribution < 1.29 is 14.6 Å². The molecule has 0 aliphatic heterocycles. The van der Waals surface area contributed by atoms with E-state index in [-0.39, 0.29) is 0 Å². The molecule has 86 valence electrons. The number of aryl methyl sites for hydroxylation is 1. The summed E-state index contributed by atoms with van der Waals surface area (Å²) in [6.45, 7) is 0. The number of carboxylic acid groups (broad SMARTS) is 1. The van der Waals surface area contributed by atoms with E-state index in [1.807, 2.05) is 6.07 Å². The summed E-state index contributed by atoms with van der Waals surface area (Å²) in [7, 11) is 1.60. The van der Waals surface area contributed by atoms with Crippen LogP contribution in [0.1, 0.15) is 12.0 Å². The third-order valence-corrected chi connectivity index (χ3v) is 2.32. The molecule has 0 aromatic heterocycles. The fourth-order valence-electron chi connectivity index (χ4n) is 1.37. The number of benzene rings is 1. The molecule has 0 saturated heterocycles. The number of allylic oxidation sites excluding steroid dienone is 1. The SMILES string of the molecule is COc1ccc(Cl)cc1CC/C=C/C(=O)O. The highest BCUT2D eigenvalue weighted by Gasteiger charge is 2.02. The molecule has 0 saturated carbocycles. The van der Waals surface area contributed by atoms with Gasteiger partial charge < -0.3 is 9.84 Å². The Morgan fingerprint density at radius 1 is 1.56 bits per heavy atom. The van der Waals surface area contributed by atoms with Crippen LogP contribution in [0.5, 0.6) is 5.75 Å². The molecule has 1 aromatic rings. The summed E-state index contributed by atoms with van der Waals surface area (Å²) in [6, 6.07) is 5.39. The van der Waals surface area contributed by atoms with Gasteiger partial charge in [0.05, 0.1) is 7.11 Å². The lowest BCUT2D eigenvalue weighted by molar-refractivity contribution is -0.131. The van der Waals surface area contributed by atoms with Crippen molar-refractivity contribution in [2.75, 3.05) is 7.11 Å². The zero-order chi connectivity index (χ0) is 12.0. The molecule has 0 spiro atoms. The summed E-state index contributed by atoms with van der Waals surface area (Å²) in [5.41, 5.74) is 0.977. The first-order chi connectivity index (χ1) is 7.63. The van der Waals surface area contributed by atoms with E-state index in [9.17, 15) is 4.79 Å². The fraction of sp³-hybridized carbons (Fsp3) is 0.250. The zero-order valence-electron chi connectivity index (χ0n) is 8.94. The lowest BCUT2D eigenvalue weighted by Crippen LogP contribution is -1.92. The Morgan fingerprint density at radius 3 is 2.94 bits per heavy atom. The van der Waals surface area contributed by atoms with Crippen LogP contribution >= 0.6 is 11.6 Å². The second-order valence-electron chi connectivity index (χ2n) is 3.24. The first-order valence-electron chi connectivity index (χ1n) is 4.85. The van der Waals surface area contributed by atoms with Crippen LogP contribution in [0.25, 0.3) is 0 Å². The van der Waals surface area contributed by atoms with Crippen LogP contribution in [0.15, 0.2) is 30.4 Å². The normalized spacial score (nSPS) is 10.6. The standard InChI is InChI=1S/C12H13ClO3/c1-16-11-7-6-10(13)8-9(11)4-2-3-5-12(14)15/h3,5-8H,2,4H2,1H3,(H,14,15)/b5-3+. The molecule has 3 nitrogen and oxygen atoms in total. The maximum Gasteiger partial charge on any atom is 0.327 e. The monoisotopic (exact) mass is 240 g/mol. The van der Waals surface area contributed by atoms with Crippen LogP contribution in [-0.4, -0.2) is 18.2 Å². The molecule has 0 bridgehead atoms. The highest BCUT2D eigenvalue weighted by Crippen LogP contribution is 2.23. The first kappa shape index (κ1) is 12.6. The van der Waals surface area contributed by atoms with E-state index in [4.69, 9.17) is 21.4 Å². The maximum atomic E-state index is 10.3. The largest absolute Gasteiger partial charge is 0.496 e. The maximum absolute atomic E-state index is 10.3. The van der Waals surface area contributed by atoms with Crippen LogP contribution in [0.4, 0.5) is 0 Å². The molecule has 1 N–H and O–H groups in total. The number of halogens is 1. The van der Waals surface area contributed by atoms with E-state index in [0.717, 1.165) is 17.4 Å². The van der Waals surface area contributed by atoms with Crippen LogP contribution in [0, 0.1) is 0 Å². The zero-order valence-corrected chi connectivity index (χ0v) is 9.70. The molecule has 4 heteroatoms. The third-order valence-electron chi connectivity index (χ3n) is 2.08. The molecular formula is C12H13ClO3. The summed E-state index contributed by atoms with van der Waals surface area (Å²) < 4.78 is 5.18. The quantitative estimate of drug-likeness (QED) is 0.805. The number of carbonyl (C=O) groups is 1. The van der Waals surface area contributed by atoms with Gasteiger partial charge in [-0.3, -0.25) is 0 Å². The molecule has 0 aliphatic carbocycles. The van der Waals surface area contributed by atoms with Gasteiger partial charge in [0.1, 0.15) is 5.75 Å². The van der Waals surface area contributed by atoms with Crippen molar-refractivity contribution in [3.8, 4) is 5.75 Å². The molecular weight excluding hydrogens is 228 g/mol. The highest BCUT2D eigenvalue weighted by molar-refractivity contribution is 6.30. The Kier molecular flexibility index (Phi) is 4.86. The van der Waals surface area contributed by atoms with Gasteiger partial charge in [0.2, 0.25) is 0 Å². The molecule has 0 aliphatic rings. The minimum atomic E-state index is -0.932. The lowest BCUT2D eigenvalue weighted by atomic mass is 10.1. The van der Waals surface area contributed by atoms with E-state index < -0.39 is 5.97 Å². The average Bonchev–Trinajstić information content (AvgIpc) is 2.24. The molecule has 1 rings (SSSR count).